The van der Waals surface area contributed by atoms with E-state index in [0.717, 1.165) is 24.0 Å². The predicted molar refractivity (Wildman–Crippen MR) is 62.6 cm³/mol. The third kappa shape index (κ3) is 1.71. The summed E-state index contributed by atoms with van der Waals surface area (Å²) in [6.07, 6.45) is 2.43. The van der Waals surface area contributed by atoms with E-state index in [1.54, 1.807) is 0 Å². The van der Waals surface area contributed by atoms with Crippen molar-refractivity contribution in [2.24, 2.45) is 0 Å². The van der Waals surface area contributed by atoms with Crippen molar-refractivity contribution in [2.75, 3.05) is 6.61 Å². The molecule has 0 saturated carbocycles. The summed E-state index contributed by atoms with van der Waals surface area (Å²) in [7, 11) is 0. The fraction of sp³-hybridized carbons (Fsp3) is 0.462. The maximum Gasteiger partial charge on any atom is 0.218 e. The van der Waals surface area contributed by atoms with Gasteiger partial charge in [-0.2, -0.15) is 0 Å². The maximum absolute atomic E-state index is 10.6. The van der Waals surface area contributed by atoms with E-state index in [1.165, 1.54) is 0 Å². The lowest BCUT2D eigenvalue weighted by molar-refractivity contribution is 0.0594. The van der Waals surface area contributed by atoms with Crippen LogP contribution in [0.15, 0.2) is 24.3 Å². The highest BCUT2D eigenvalue weighted by atomic mass is 16.5. The number of ether oxygens (including phenoxy) is 1. The van der Waals surface area contributed by atoms with Gasteiger partial charge in [0.1, 0.15) is 0 Å². The fourth-order valence-corrected chi connectivity index (χ4v) is 2.31. The molecule has 16 heavy (non-hydrogen) atoms. The highest BCUT2D eigenvalue weighted by molar-refractivity contribution is 5.84. The number of hydrogen-bond acceptors (Lipinski definition) is 3. The van der Waals surface area contributed by atoms with E-state index in [9.17, 15) is 5.11 Å². The molecule has 0 aliphatic heterocycles. The topological polar surface area (TPSA) is 53.3 Å². The molecule has 2 rings (SSSR count). The summed E-state index contributed by atoms with van der Waals surface area (Å²) < 4.78 is 5.17. The van der Waals surface area contributed by atoms with Gasteiger partial charge in [0.15, 0.2) is 5.60 Å². The van der Waals surface area contributed by atoms with E-state index in [4.69, 9.17) is 10.1 Å². The summed E-state index contributed by atoms with van der Waals surface area (Å²) in [5.41, 5.74) is 0.741. The van der Waals surface area contributed by atoms with Crippen LogP contribution in [-0.2, 0) is 16.8 Å². The molecule has 0 aromatic heterocycles. The Balaban J connectivity index is 2.40. The molecule has 0 bridgehead atoms. The molecule has 1 unspecified atom stereocenters. The number of rotatable bonds is 2. The molecule has 0 radical (unpaired) electrons. The summed E-state index contributed by atoms with van der Waals surface area (Å²) in [5.74, 6) is -0.0258. The first-order valence-corrected chi connectivity index (χ1v) is 5.71. The number of benzene rings is 1. The first-order valence-electron chi connectivity index (χ1n) is 5.71. The molecule has 86 valence electrons. The zero-order valence-electron chi connectivity index (χ0n) is 9.49. The van der Waals surface area contributed by atoms with E-state index < -0.39 is 5.60 Å². The number of fused-ring (bicyclic) bond motifs is 1. The molecule has 1 atom stereocenters. The van der Waals surface area contributed by atoms with Crippen molar-refractivity contribution in [1.29, 1.82) is 5.41 Å². The molecule has 0 spiro atoms. The van der Waals surface area contributed by atoms with E-state index in [2.05, 4.69) is 0 Å². The SMILES string of the molecule is CCOC(=N)C1(O)CCCc2ccccc21. The third-order valence-corrected chi connectivity index (χ3v) is 3.11. The van der Waals surface area contributed by atoms with Crippen LogP contribution in [-0.4, -0.2) is 17.6 Å². The van der Waals surface area contributed by atoms with Gasteiger partial charge in [-0.05, 0) is 37.3 Å². The predicted octanol–water partition coefficient (Wildman–Crippen LogP) is 2.22. The van der Waals surface area contributed by atoms with Crippen molar-refractivity contribution in [3.05, 3.63) is 35.4 Å². The normalized spacial score (nSPS) is 23.6. The lowest BCUT2D eigenvalue weighted by Crippen LogP contribution is -2.40. The van der Waals surface area contributed by atoms with Gasteiger partial charge >= 0.3 is 0 Å². The van der Waals surface area contributed by atoms with Crippen molar-refractivity contribution in [3.8, 4) is 0 Å². The Morgan fingerprint density at radius 2 is 2.25 bits per heavy atom. The number of aliphatic hydroxyl groups is 1. The van der Waals surface area contributed by atoms with Crippen LogP contribution >= 0.6 is 0 Å². The first kappa shape index (κ1) is 11.1. The first-order chi connectivity index (χ1) is 7.68. The highest BCUT2D eigenvalue weighted by Crippen LogP contribution is 2.36. The molecule has 0 amide bonds. The molecule has 0 fully saturated rings. The quantitative estimate of drug-likeness (QED) is 0.592. The summed E-state index contributed by atoms with van der Waals surface area (Å²) in [4.78, 5) is 0. The molecular weight excluding hydrogens is 202 g/mol. The van der Waals surface area contributed by atoms with Crippen LogP contribution in [0.1, 0.15) is 30.9 Å². The second kappa shape index (κ2) is 4.26. The van der Waals surface area contributed by atoms with Gasteiger partial charge in [0, 0.05) is 0 Å². The highest BCUT2D eigenvalue weighted by Gasteiger charge is 2.39. The number of nitrogens with one attached hydrogen (secondary N) is 1. The van der Waals surface area contributed by atoms with Crippen LogP contribution in [0, 0.1) is 5.41 Å². The van der Waals surface area contributed by atoms with Crippen molar-refractivity contribution < 1.29 is 9.84 Å². The van der Waals surface area contributed by atoms with Gasteiger partial charge in [0.25, 0.3) is 0 Å². The second-order valence-electron chi connectivity index (χ2n) is 4.13. The number of aryl methyl sites for hydroxylation is 1. The summed E-state index contributed by atoms with van der Waals surface area (Å²) in [5, 5.41) is 18.4. The molecule has 3 heteroatoms. The summed E-state index contributed by atoms with van der Waals surface area (Å²) in [6, 6.07) is 7.77. The maximum atomic E-state index is 10.6. The van der Waals surface area contributed by atoms with Crippen LogP contribution < -0.4 is 0 Å². The Bertz CT molecular complexity index is 403. The van der Waals surface area contributed by atoms with E-state index in [1.807, 2.05) is 31.2 Å². The van der Waals surface area contributed by atoms with Crippen LogP contribution in [0.2, 0.25) is 0 Å². The molecule has 2 N–H and O–H groups in total. The Morgan fingerprint density at radius 1 is 1.50 bits per heavy atom. The molecule has 0 heterocycles. The average Bonchev–Trinajstić information content (AvgIpc) is 2.30. The van der Waals surface area contributed by atoms with Crippen molar-refractivity contribution in [1.82, 2.24) is 0 Å². The van der Waals surface area contributed by atoms with Gasteiger partial charge in [-0.15, -0.1) is 0 Å². The second-order valence-corrected chi connectivity index (χ2v) is 4.13. The average molecular weight is 219 g/mol. The number of hydrogen-bond donors (Lipinski definition) is 2. The lowest BCUT2D eigenvalue weighted by Gasteiger charge is -2.34. The van der Waals surface area contributed by atoms with Gasteiger partial charge in [0.05, 0.1) is 6.61 Å². The minimum absolute atomic E-state index is 0.0258. The zero-order valence-corrected chi connectivity index (χ0v) is 9.49. The Labute approximate surface area is 95.6 Å². The molecule has 1 aliphatic rings. The minimum atomic E-state index is -1.22. The largest absolute Gasteiger partial charge is 0.479 e. The van der Waals surface area contributed by atoms with Crippen molar-refractivity contribution in [2.45, 2.75) is 31.8 Å². The van der Waals surface area contributed by atoms with Crippen molar-refractivity contribution >= 4 is 5.90 Å². The van der Waals surface area contributed by atoms with Crippen LogP contribution in [0.3, 0.4) is 0 Å². The van der Waals surface area contributed by atoms with Crippen LogP contribution in [0.5, 0.6) is 0 Å². The van der Waals surface area contributed by atoms with Crippen LogP contribution in [0.25, 0.3) is 0 Å². The van der Waals surface area contributed by atoms with Gasteiger partial charge in [-0.3, -0.25) is 5.41 Å². The molecular formula is C13H17NO2. The van der Waals surface area contributed by atoms with E-state index >= 15 is 0 Å². The van der Waals surface area contributed by atoms with Gasteiger partial charge in [0.2, 0.25) is 5.90 Å². The fourth-order valence-electron chi connectivity index (χ4n) is 2.31. The van der Waals surface area contributed by atoms with Gasteiger partial charge < -0.3 is 9.84 Å². The van der Waals surface area contributed by atoms with E-state index in [0.29, 0.717) is 13.0 Å². The van der Waals surface area contributed by atoms with Crippen molar-refractivity contribution in [3.63, 3.8) is 0 Å². The smallest absolute Gasteiger partial charge is 0.218 e. The Kier molecular flexibility index (Phi) is 2.97. The molecule has 3 nitrogen and oxygen atoms in total. The molecule has 1 aliphatic carbocycles. The Morgan fingerprint density at radius 3 is 3.00 bits per heavy atom. The lowest BCUT2D eigenvalue weighted by atomic mass is 9.79. The standard InChI is InChI=1S/C13H17NO2/c1-2-16-12(14)13(15)9-5-7-10-6-3-4-8-11(10)13/h3-4,6,8,14-15H,2,5,7,9H2,1H3. The molecule has 1 aromatic rings. The van der Waals surface area contributed by atoms with E-state index in [-0.39, 0.29) is 5.90 Å². The zero-order chi connectivity index (χ0) is 11.6. The van der Waals surface area contributed by atoms with Crippen LogP contribution in [0.4, 0.5) is 0 Å². The van der Waals surface area contributed by atoms with Gasteiger partial charge in [-0.25, -0.2) is 0 Å². The summed E-state index contributed by atoms with van der Waals surface area (Å²) >= 11 is 0. The van der Waals surface area contributed by atoms with Gasteiger partial charge in [-0.1, -0.05) is 24.3 Å². The monoisotopic (exact) mass is 219 g/mol. The summed E-state index contributed by atoms with van der Waals surface area (Å²) in [6.45, 7) is 2.25. The molecule has 0 saturated heterocycles. The molecule has 1 aromatic carbocycles. The minimum Gasteiger partial charge on any atom is -0.479 e. The Hall–Kier alpha value is -1.35. The third-order valence-electron chi connectivity index (χ3n) is 3.11.